The number of morpholine rings is 1. The van der Waals surface area contributed by atoms with Crippen LogP contribution in [-0.2, 0) is 26.1 Å². The predicted molar refractivity (Wildman–Crippen MR) is 169 cm³/mol. The van der Waals surface area contributed by atoms with Gasteiger partial charge in [0.1, 0.15) is 5.75 Å². The number of rotatable bonds is 11. The fourth-order valence-corrected chi connectivity index (χ4v) is 6.78. The van der Waals surface area contributed by atoms with Gasteiger partial charge in [0.25, 0.3) is 5.91 Å². The minimum Gasteiger partial charge on any atom is -0.497 e. The van der Waals surface area contributed by atoms with Gasteiger partial charge in [-0.1, -0.05) is 27.7 Å². The minimum absolute atomic E-state index is 0.0360. The Morgan fingerprint density at radius 1 is 0.977 bits per heavy atom. The van der Waals surface area contributed by atoms with E-state index >= 15 is 0 Å². The molecule has 2 heterocycles. The van der Waals surface area contributed by atoms with E-state index in [0.717, 1.165) is 10.2 Å². The van der Waals surface area contributed by atoms with Crippen molar-refractivity contribution in [1.82, 2.24) is 24.4 Å². The Kier molecular flexibility index (Phi) is 10.3. The maximum absolute atomic E-state index is 13.0. The number of sulfonamides is 1. The zero-order valence-corrected chi connectivity index (χ0v) is 26.8. The molecule has 1 fully saturated rings. The smallest absolute Gasteiger partial charge is 0.251 e. The summed E-state index contributed by atoms with van der Waals surface area (Å²) >= 11 is 4.65. The van der Waals surface area contributed by atoms with Crippen LogP contribution in [-0.4, -0.2) is 78.5 Å². The molecule has 0 saturated carbocycles. The lowest BCUT2D eigenvalue weighted by molar-refractivity contribution is -0.113. The number of thioether (sulfide) groups is 1. The first-order valence-corrected chi connectivity index (χ1v) is 16.7. The molecule has 1 saturated heterocycles. The number of benzene rings is 3. The number of carbonyl (C=O) groups is 2. The Morgan fingerprint density at radius 2 is 1.66 bits per heavy atom. The van der Waals surface area contributed by atoms with Crippen LogP contribution in [0.4, 0.5) is 5.69 Å². The first kappa shape index (κ1) is 31.7. The van der Waals surface area contributed by atoms with E-state index in [4.69, 9.17) is 9.47 Å². The summed E-state index contributed by atoms with van der Waals surface area (Å²) in [5, 5.41) is 14.7. The van der Waals surface area contributed by atoms with Crippen molar-refractivity contribution < 1.29 is 27.5 Å². The third-order valence-electron chi connectivity index (χ3n) is 6.62. The maximum Gasteiger partial charge on any atom is 0.251 e. The number of carbonyl (C=O) groups excluding carboxylic acids is 2. The van der Waals surface area contributed by atoms with Gasteiger partial charge in [0.05, 0.1) is 37.5 Å². The summed E-state index contributed by atoms with van der Waals surface area (Å²) in [5.41, 5.74) is 1.68. The van der Waals surface area contributed by atoms with Crippen molar-refractivity contribution in [3.63, 3.8) is 0 Å². The van der Waals surface area contributed by atoms with Gasteiger partial charge < -0.3 is 20.1 Å². The SMILES string of the molecule is COc1ccc(NC(=O)CSc2nnc(CNC(=O)c3ccc(S(=O)(=O)N4CCOCC4)cc3)n2-c2ccc(Br)cc2)cc1. The fourth-order valence-electron chi connectivity index (χ4n) is 4.34. The van der Waals surface area contributed by atoms with Crippen molar-refractivity contribution >= 4 is 55.2 Å². The van der Waals surface area contributed by atoms with Gasteiger partial charge in [0, 0.05) is 34.5 Å². The van der Waals surface area contributed by atoms with Gasteiger partial charge in [-0.3, -0.25) is 14.2 Å². The summed E-state index contributed by atoms with van der Waals surface area (Å²) in [6.07, 6.45) is 0. The van der Waals surface area contributed by atoms with Crippen LogP contribution in [0.15, 0.2) is 87.3 Å². The Morgan fingerprint density at radius 3 is 2.32 bits per heavy atom. The van der Waals surface area contributed by atoms with E-state index in [-0.39, 0.29) is 36.2 Å². The molecule has 44 heavy (non-hydrogen) atoms. The second kappa shape index (κ2) is 14.3. The highest BCUT2D eigenvalue weighted by Crippen LogP contribution is 2.24. The van der Waals surface area contributed by atoms with Gasteiger partial charge in [-0.15, -0.1) is 10.2 Å². The number of nitrogens with zero attached hydrogens (tertiary/aromatic N) is 4. The Labute approximate surface area is 267 Å². The lowest BCUT2D eigenvalue weighted by Crippen LogP contribution is -2.40. The third-order valence-corrected chi connectivity index (χ3v) is 9.99. The van der Waals surface area contributed by atoms with E-state index in [2.05, 4.69) is 36.8 Å². The minimum atomic E-state index is -3.67. The zero-order chi connectivity index (χ0) is 31.1. The number of nitrogens with one attached hydrogen (secondary N) is 2. The summed E-state index contributed by atoms with van der Waals surface area (Å²) in [6.45, 7) is 1.31. The monoisotopic (exact) mass is 700 g/mol. The molecule has 0 aliphatic carbocycles. The highest BCUT2D eigenvalue weighted by molar-refractivity contribution is 9.10. The second-order valence-corrected chi connectivity index (χ2v) is 13.3. The molecule has 15 heteroatoms. The van der Waals surface area contributed by atoms with Crippen LogP contribution < -0.4 is 15.4 Å². The number of hydrogen-bond donors (Lipinski definition) is 2. The van der Waals surface area contributed by atoms with E-state index < -0.39 is 15.9 Å². The first-order valence-electron chi connectivity index (χ1n) is 13.5. The normalized spacial score (nSPS) is 13.8. The van der Waals surface area contributed by atoms with Crippen molar-refractivity contribution in [3.05, 3.63) is 88.7 Å². The summed E-state index contributed by atoms with van der Waals surface area (Å²) in [4.78, 5) is 25.8. The molecule has 3 aromatic carbocycles. The van der Waals surface area contributed by atoms with Crippen LogP contribution in [0.2, 0.25) is 0 Å². The zero-order valence-electron chi connectivity index (χ0n) is 23.6. The highest BCUT2D eigenvalue weighted by Gasteiger charge is 2.26. The Bertz CT molecular complexity index is 1710. The van der Waals surface area contributed by atoms with Crippen LogP contribution in [0.3, 0.4) is 0 Å². The molecule has 5 rings (SSSR count). The van der Waals surface area contributed by atoms with Crippen molar-refractivity contribution in [3.8, 4) is 11.4 Å². The van der Waals surface area contributed by atoms with Gasteiger partial charge in [0.15, 0.2) is 11.0 Å². The number of methoxy groups -OCH3 is 1. The number of hydrogen-bond acceptors (Lipinski definition) is 9. The lowest BCUT2D eigenvalue weighted by Gasteiger charge is -2.26. The predicted octanol–water partition coefficient (Wildman–Crippen LogP) is 3.72. The Balaban J connectivity index is 1.26. The number of amides is 2. The number of ether oxygens (including phenoxy) is 2. The molecule has 0 unspecified atom stereocenters. The lowest BCUT2D eigenvalue weighted by atomic mass is 10.2. The molecular weight excluding hydrogens is 672 g/mol. The fraction of sp³-hybridized carbons (Fsp3) is 0.241. The van der Waals surface area contributed by atoms with Crippen molar-refractivity contribution in [2.45, 2.75) is 16.6 Å². The third kappa shape index (κ3) is 7.65. The molecule has 230 valence electrons. The second-order valence-electron chi connectivity index (χ2n) is 9.50. The quantitative estimate of drug-likeness (QED) is 0.224. The Hall–Kier alpha value is -3.76. The largest absolute Gasteiger partial charge is 0.497 e. The maximum atomic E-state index is 13.0. The van der Waals surface area contributed by atoms with E-state index in [0.29, 0.717) is 41.2 Å². The van der Waals surface area contributed by atoms with Crippen LogP contribution in [0.25, 0.3) is 5.69 Å². The molecule has 0 radical (unpaired) electrons. The van der Waals surface area contributed by atoms with Gasteiger partial charge in [0.2, 0.25) is 15.9 Å². The van der Waals surface area contributed by atoms with Crippen molar-refractivity contribution in [2.24, 2.45) is 0 Å². The van der Waals surface area contributed by atoms with Crippen LogP contribution in [0.5, 0.6) is 5.75 Å². The van der Waals surface area contributed by atoms with Crippen LogP contribution in [0.1, 0.15) is 16.2 Å². The van der Waals surface area contributed by atoms with Crippen molar-refractivity contribution in [2.75, 3.05) is 44.5 Å². The van der Waals surface area contributed by atoms with Gasteiger partial charge >= 0.3 is 0 Å². The molecule has 1 aliphatic heterocycles. The van der Waals surface area contributed by atoms with Gasteiger partial charge in [-0.25, -0.2) is 8.42 Å². The van der Waals surface area contributed by atoms with E-state index in [1.807, 2.05) is 24.3 Å². The van der Waals surface area contributed by atoms with Gasteiger partial charge in [-0.2, -0.15) is 4.31 Å². The van der Waals surface area contributed by atoms with E-state index in [9.17, 15) is 18.0 Å². The average Bonchev–Trinajstić information content (AvgIpc) is 3.46. The molecular formula is C29H29BrN6O6S2. The topological polar surface area (TPSA) is 145 Å². The molecule has 1 aromatic heterocycles. The summed E-state index contributed by atoms with van der Waals surface area (Å²) in [5.74, 6) is 0.587. The molecule has 0 atom stereocenters. The molecule has 0 bridgehead atoms. The van der Waals surface area contributed by atoms with Crippen LogP contribution >= 0.6 is 27.7 Å². The number of aromatic nitrogens is 3. The average molecular weight is 702 g/mol. The highest BCUT2D eigenvalue weighted by atomic mass is 79.9. The molecule has 2 N–H and O–H groups in total. The van der Waals surface area contributed by atoms with Gasteiger partial charge in [-0.05, 0) is 72.8 Å². The summed E-state index contributed by atoms with van der Waals surface area (Å²) in [7, 11) is -2.09. The summed E-state index contributed by atoms with van der Waals surface area (Å²) in [6, 6.07) is 20.3. The molecule has 2 amide bonds. The molecule has 4 aromatic rings. The first-order chi connectivity index (χ1) is 21.2. The van der Waals surface area contributed by atoms with E-state index in [1.165, 1.54) is 40.3 Å². The number of halogens is 1. The molecule has 12 nitrogen and oxygen atoms in total. The van der Waals surface area contributed by atoms with E-state index in [1.54, 1.807) is 35.9 Å². The molecule has 1 aliphatic rings. The summed E-state index contributed by atoms with van der Waals surface area (Å²) < 4.78 is 40.2. The standard InChI is InChI=1S/C29H29BrN6O6S2/c1-41-24-10-6-22(7-11-24)32-27(37)19-43-29-34-33-26(36(29)23-8-4-21(30)5-9-23)18-31-28(38)20-2-12-25(13-3-20)44(39,40)35-14-16-42-17-15-35/h2-13H,14-19H2,1H3,(H,31,38)(H,32,37). The van der Waals surface area contributed by atoms with Crippen LogP contribution in [0, 0.1) is 0 Å². The number of anilines is 1. The molecule has 0 spiro atoms. The van der Waals surface area contributed by atoms with Crippen molar-refractivity contribution in [1.29, 1.82) is 0 Å².